The van der Waals surface area contributed by atoms with E-state index in [0.29, 0.717) is 6.54 Å². The molecule has 3 fully saturated rings. The van der Waals surface area contributed by atoms with Crippen LogP contribution in [0.25, 0.3) is 0 Å². The van der Waals surface area contributed by atoms with E-state index in [1.165, 1.54) is 29.2 Å². The molecule has 7 atom stereocenters. The standard InChI is InChI=1S/C42H51N7O6/c1-2-3-4-11-20-44-40(53)36(48-42(55)47-35-22-31(35)27-14-9-6-10-15-27)23-45-38(51)28-16-18-29(19-17-28)41(54)49-24-32(37(43)50)33(25-49)39(52)46-34-21-30(34)26-12-7-5-8-13-26/h5-10,12-19,30-36H,2-4,11,20-25H2,1H3,(H2,43,50)(H,44,53)(H,45,51)(H,46,52)(H2,47,48,55)/t30-,31-,32-,33-,34+,35+,36+/m1/s1. The van der Waals surface area contributed by atoms with E-state index < -0.39 is 47.5 Å². The molecule has 2 aliphatic carbocycles. The molecule has 13 heteroatoms. The largest absolute Gasteiger partial charge is 0.369 e. The fourth-order valence-corrected chi connectivity index (χ4v) is 7.37. The molecule has 13 nitrogen and oxygen atoms in total. The third kappa shape index (κ3) is 10.3. The highest BCUT2D eigenvalue weighted by atomic mass is 16.2. The molecule has 0 bridgehead atoms. The SMILES string of the molecule is CCCCCCNC(=O)[C@H](CNC(=O)c1ccc(C(=O)N2C[C@@H](C(N)=O)[C@H](C(=O)N[C@H]3C[C@@H]3c3ccccc3)C2)cc1)NC(=O)N[C@H]1C[C@@H]1c1ccccc1. The highest BCUT2D eigenvalue weighted by Crippen LogP contribution is 2.41. The first-order valence-corrected chi connectivity index (χ1v) is 19.3. The van der Waals surface area contributed by atoms with Crippen LogP contribution in [-0.4, -0.2) is 84.8 Å². The van der Waals surface area contributed by atoms with Gasteiger partial charge in [0.25, 0.3) is 11.8 Å². The van der Waals surface area contributed by atoms with Gasteiger partial charge in [-0.15, -0.1) is 0 Å². The Bertz CT molecular complexity index is 1840. The second kappa shape index (κ2) is 18.1. The third-order valence-electron chi connectivity index (χ3n) is 10.8. The lowest BCUT2D eigenvalue weighted by Crippen LogP contribution is -2.55. The number of hydrogen-bond acceptors (Lipinski definition) is 6. The minimum Gasteiger partial charge on any atom is -0.369 e. The van der Waals surface area contributed by atoms with Crippen molar-refractivity contribution in [3.63, 3.8) is 0 Å². The number of carbonyl (C=O) groups is 6. The smallest absolute Gasteiger partial charge is 0.315 e. The summed E-state index contributed by atoms with van der Waals surface area (Å²) in [5.41, 5.74) is 8.48. The molecular weight excluding hydrogens is 699 g/mol. The highest BCUT2D eigenvalue weighted by Gasteiger charge is 2.46. The molecule has 2 saturated carbocycles. The van der Waals surface area contributed by atoms with Gasteiger partial charge in [-0.25, -0.2) is 4.79 Å². The van der Waals surface area contributed by atoms with Crippen LogP contribution < -0.4 is 32.3 Å². The first-order valence-electron chi connectivity index (χ1n) is 19.3. The molecule has 1 heterocycles. The number of likely N-dealkylation sites (tertiary alicyclic amines) is 1. The third-order valence-corrected chi connectivity index (χ3v) is 10.8. The first kappa shape index (κ1) is 39.0. The number of urea groups is 1. The molecule has 7 N–H and O–H groups in total. The summed E-state index contributed by atoms with van der Waals surface area (Å²) < 4.78 is 0. The molecule has 6 rings (SSSR count). The number of nitrogens with two attached hydrogens (primary N) is 1. The van der Waals surface area contributed by atoms with Crippen molar-refractivity contribution in [1.29, 1.82) is 0 Å². The van der Waals surface area contributed by atoms with Crippen molar-refractivity contribution in [2.24, 2.45) is 17.6 Å². The Kier molecular flexibility index (Phi) is 12.8. The molecule has 55 heavy (non-hydrogen) atoms. The zero-order chi connectivity index (χ0) is 38.9. The molecule has 1 saturated heterocycles. The number of hydrogen-bond donors (Lipinski definition) is 6. The fourth-order valence-electron chi connectivity index (χ4n) is 7.37. The zero-order valence-electron chi connectivity index (χ0n) is 31.2. The molecule has 0 spiro atoms. The highest BCUT2D eigenvalue weighted by molar-refractivity contribution is 5.99. The van der Waals surface area contributed by atoms with E-state index in [-0.39, 0.29) is 60.6 Å². The molecule has 3 aromatic carbocycles. The van der Waals surface area contributed by atoms with E-state index in [9.17, 15) is 28.8 Å². The number of nitrogens with one attached hydrogen (secondary N) is 5. The lowest BCUT2D eigenvalue weighted by atomic mass is 9.94. The molecule has 7 amide bonds. The number of nitrogens with zero attached hydrogens (tertiary/aromatic N) is 1. The second-order valence-electron chi connectivity index (χ2n) is 14.9. The maximum atomic E-state index is 13.5. The maximum absolute atomic E-state index is 13.5. The average molecular weight is 750 g/mol. The molecule has 1 aliphatic heterocycles. The minimum atomic E-state index is -1.02. The van der Waals surface area contributed by atoms with Crippen LogP contribution in [0.1, 0.15) is 89.1 Å². The van der Waals surface area contributed by atoms with Crippen LogP contribution in [0.5, 0.6) is 0 Å². The quantitative estimate of drug-likeness (QED) is 0.115. The zero-order valence-corrected chi connectivity index (χ0v) is 31.2. The second-order valence-corrected chi connectivity index (χ2v) is 14.9. The topological polar surface area (TPSA) is 192 Å². The van der Waals surface area contributed by atoms with Crippen molar-refractivity contribution in [2.75, 3.05) is 26.2 Å². The van der Waals surface area contributed by atoms with Crippen molar-refractivity contribution < 1.29 is 28.8 Å². The van der Waals surface area contributed by atoms with Crippen LogP contribution in [0, 0.1) is 11.8 Å². The molecule has 0 unspecified atom stereocenters. The van der Waals surface area contributed by atoms with Crippen molar-refractivity contribution in [2.45, 2.75) is 75.4 Å². The molecule has 290 valence electrons. The van der Waals surface area contributed by atoms with E-state index in [1.54, 1.807) is 0 Å². The Morgan fingerprint density at radius 3 is 1.89 bits per heavy atom. The lowest BCUT2D eigenvalue weighted by molar-refractivity contribution is -0.131. The summed E-state index contributed by atoms with van der Waals surface area (Å²) in [6, 6.07) is 24.2. The van der Waals surface area contributed by atoms with Crippen molar-refractivity contribution in [3.8, 4) is 0 Å². The number of unbranched alkanes of at least 4 members (excludes halogenated alkanes) is 3. The summed E-state index contributed by atoms with van der Waals surface area (Å²) >= 11 is 0. The van der Waals surface area contributed by atoms with Gasteiger partial charge in [0.05, 0.1) is 11.8 Å². The number of benzene rings is 3. The van der Waals surface area contributed by atoms with Gasteiger partial charge >= 0.3 is 6.03 Å². The summed E-state index contributed by atoms with van der Waals surface area (Å²) in [4.78, 5) is 79.9. The Labute approximate surface area is 321 Å². The average Bonchev–Trinajstić information content (AvgIpc) is 4.11. The lowest BCUT2D eigenvalue weighted by Gasteiger charge is -2.20. The number of primary amides is 1. The van der Waals surface area contributed by atoms with Gasteiger partial charge in [0, 0.05) is 61.2 Å². The molecule has 3 aromatic rings. The van der Waals surface area contributed by atoms with Gasteiger partial charge in [-0.3, -0.25) is 24.0 Å². The Morgan fingerprint density at radius 1 is 0.709 bits per heavy atom. The first-order chi connectivity index (χ1) is 26.6. The van der Waals surface area contributed by atoms with E-state index in [4.69, 9.17) is 5.73 Å². The maximum Gasteiger partial charge on any atom is 0.315 e. The summed E-state index contributed by atoms with van der Waals surface area (Å²) in [5.74, 6) is -3.39. The fraction of sp³-hybridized carbons (Fsp3) is 0.429. The molecule has 3 aliphatic rings. The van der Waals surface area contributed by atoms with Gasteiger partial charge < -0.3 is 37.2 Å². The normalized spacial score (nSPS) is 22.8. The van der Waals surface area contributed by atoms with Gasteiger partial charge in [0.2, 0.25) is 17.7 Å². The van der Waals surface area contributed by atoms with Gasteiger partial charge in [0.15, 0.2) is 0 Å². The summed E-state index contributed by atoms with van der Waals surface area (Å²) in [7, 11) is 0. The predicted octanol–water partition coefficient (Wildman–Crippen LogP) is 3.18. The monoisotopic (exact) mass is 749 g/mol. The van der Waals surface area contributed by atoms with Gasteiger partial charge in [-0.2, -0.15) is 0 Å². The van der Waals surface area contributed by atoms with E-state index in [1.807, 2.05) is 60.7 Å². The van der Waals surface area contributed by atoms with Crippen LogP contribution >= 0.6 is 0 Å². The summed E-state index contributed by atoms with van der Waals surface area (Å²) in [5, 5.41) is 14.3. The molecule has 0 aromatic heterocycles. The van der Waals surface area contributed by atoms with E-state index >= 15 is 0 Å². The van der Waals surface area contributed by atoms with Crippen LogP contribution in [0.3, 0.4) is 0 Å². The van der Waals surface area contributed by atoms with Crippen LogP contribution in [0.4, 0.5) is 4.79 Å². The van der Waals surface area contributed by atoms with Crippen molar-refractivity contribution >= 4 is 35.6 Å². The van der Waals surface area contributed by atoms with E-state index in [2.05, 4.69) is 33.5 Å². The van der Waals surface area contributed by atoms with Crippen molar-refractivity contribution in [3.05, 3.63) is 107 Å². The minimum absolute atomic E-state index is 0.0115. The van der Waals surface area contributed by atoms with E-state index in [0.717, 1.165) is 49.7 Å². The number of rotatable bonds is 17. The van der Waals surface area contributed by atoms with Crippen LogP contribution in [-0.2, 0) is 14.4 Å². The van der Waals surface area contributed by atoms with Crippen LogP contribution in [0.2, 0.25) is 0 Å². The Hall–Kier alpha value is -5.72. The Balaban J connectivity index is 1.01. The van der Waals surface area contributed by atoms with Gasteiger partial charge in [0.1, 0.15) is 6.04 Å². The summed E-state index contributed by atoms with van der Waals surface area (Å²) in [6.45, 7) is 2.46. The summed E-state index contributed by atoms with van der Waals surface area (Å²) in [6.07, 6.45) is 5.51. The van der Waals surface area contributed by atoms with Crippen LogP contribution in [0.15, 0.2) is 84.9 Å². The van der Waals surface area contributed by atoms with Gasteiger partial charge in [-0.05, 0) is 54.7 Å². The number of carbonyl (C=O) groups excluding carboxylic acids is 6. The molecule has 0 radical (unpaired) electrons. The Morgan fingerprint density at radius 2 is 1.29 bits per heavy atom. The molecular formula is C42H51N7O6. The predicted molar refractivity (Wildman–Crippen MR) is 207 cm³/mol. The van der Waals surface area contributed by atoms with Gasteiger partial charge in [-0.1, -0.05) is 86.8 Å². The van der Waals surface area contributed by atoms with Crippen molar-refractivity contribution in [1.82, 2.24) is 31.5 Å². The number of amides is 7.